The van der Waals surface area contributed by atoms with Gasteiger partial charge in [-0.3, -0.25) is 0 Å². The highest BCUT2D eigenvalue weighted by molar-refractivity contribution is 7.58. The van der Waals surface area contributed by atoms with Crippen molar-refractivity contribution in [3.63, 3.8) is 0 Å². The van der Waals surface area contributed by atoms with E-state index in [2.05, 4.69) is 0 Å². The van der Waals surface area contributed by atoms with Crippen LogP contribution in [0.15, 0.2) is 164 Å². The zero-order chi connectivity index (χ0) is 32.9. The lowest BCUT2D eigenvalue weighted by atomic mass is 10.1. The van der Waals surface area contributed by atoms with Gasteiger partial charge in [-0.05, 0) is 47.0 Å². The van der Waals surface area contributed by atoms with Gasteiger partial charge in [-0.2, -0.15) is 0 Å². The molecule has 6 rings (SSSR count). The fourth-order valence-electron chi connectivity index (χ4n) is 5.36. The highest BCUT2D eigenvalue weighted by atomic mass is 31.2. The minimum absolute atomic E-state index is 0.266. The van der Waals surface area contributed by atoms with E-state index in [0.717, 1.165) is 16.7 Å². The predicted octanol–water partition coefficient (Wildman–Crippen LogP) is 9.01. The van der Waals surface area contributed by atoms with Crippen molar-refractivity contribution < 1.29 is 32.6 Å². The van der Waals surface area contributed by atoms with Crippen LogP contribution >= 0.6 is 7.60 Å². The summed E-state index contributed by atoms with van der Waals surface area (Å²) in [7, 11) is -3.87. The van der Waals surface area contributed by atoms with E-state index in [1.165, 1.54) is 5.82 Å². The molecule has 5 aromatic rings. The van der Waals surface area contributed by atoms with Gasteiger partial charge in [0.1, 0.15) is 35.9 Å². The van der Waals surface area contributed by atoms with E-state index < -0.39 is 32.0 Å². The van der Waals surface area contributed by atoms with Gasteiger partial charge in [-0.15, -0.1) is 0 Å². The molecule has 1 heterocycles. The first-order chi connectivity index (χ1) is 23.6. The third kappa shape index (κ3) is 9.77. The molecule has 1 saturated heterocycles. The average molecular weight is 663 g/mol. The first-order valence-electron chi connectivity index (χ1n) is 16.0. The number of para-hydroxylation sites is 2. The van der Waals surface area contributed by atoms with Crippen molar-refractivity contribution in [1.82, 2.24) is 0 Å². The minimum Gasteiger partial charge on any atom is -0.413 e. The maximum absolute atomic E-state index is 14.3. The van der Waals surface area contributed by atoms with E-state index in [4.69, 9.17) is 28.0 Å². The van der Waals surface area contributed by atoms with Crippen molar-refractivity contribution in [1.29, 1.82) is 0 Å². The van der Waals surface area contributed by atoms with Gasteiger partial charge >= 0.3 is 7.60 Å². The van der Waals surface area contributed by atoms with Crippen LogP contribution in [0.4, 0.5) is 0 Å². The van der Waals surface area contributed by atoms with E-state index in [1.807, 2.05) is 127 Å². The Morgan fingerprint density at radius 1 is 0.542 bits per heavy atom. The van der Waals surface area contributed by atoms with Gasteiger partial charge in [-0.1, -0.05) is 127 Å². The highest BCUT2D eigenvalue weighted by Gasteiger charge is 2.46. The Morgan fingerprint density at radius 3 is 1.44 bits per heavy atom. The fourth-order valence-corrected chi connectivity index (χ4v) is 6.73. The molecule has 48 heavy (non-hydrogen) atoms. The van der Waals surface area contributed by atoms with Crippen LogP contribution in [0.1, 0.15) is 16.7 Å². The molecule has 0 aromatic heterocycles. The second-order valence-electron chi connectivity index (χ2n) is 11.4. The second-order valence-corrected chi connectivity index (χ2v) is 13.1. The van der Waals surface area contributed by atoms with Gasteiger partial charge in [0.25, 0.3) is 0 Å². The van der Waals surface area contributed by atoms with Crippen LogP contribution in [0, 0.1) is 0 Å². The maximum Gasteiger partial charge on any atom is 0.455 e. The third-order valence-corrected chi connectivity index (χ3v) is 9.19. The summed E-state index contributed by atoms with van der Waals surface area (Å²) in [5, 5.41) is 0. The van der Waals surface area contributed by atoms with Crippen LogP contribution in [0.3, 0.4) is 0 Å². The van der Waals surface area contributed by atoms with Crippen molar-refractivity contribution in [2.24, 2.45) is 0 Å². The summed E-state index contributed by atoms with van der Waals surface area (Å²) in [4.78, 5) is 0. The number of rotatable bonds is 16. The quantitative estimate of drug-likeness (QED) is 0.0977. The van der Waals surface area contributed by atoms with Gasteiger partial charge in [0, 0.05) is 0 Å². The summed E-state index contributed by atoms with van der Waals surface area (Å²) in [6, 6.07) is 47.8. The first-order valence-corrected chi connectivity index (χ1v) is 17.6. The third-order valence-electron chi connectivity index (χ3n) is 7.72. The molecule has 1 aliphatic rings. The Balaban J connectivity index is 1.27. The van der Waals surface area contributed by atoms with Crippen LogP contribution in [0.25, 0.3) is 0 Å². The molecule has 0 aliphatic carbocycles. The average Bonchev–Trinajstić information content (AvgIpc) is 3.47. The molecule has 0 saturated carbocycles. The van der Waals surface area contributed by atoms with Crippen molar-refractivity contribution in [2.45, 2.75) is 44.2 Å². The molecular weight excluding hydrogens is 623 g/mol. The lowest BCUT2D eigenvalue weighted by Gasteiger charge is -2.25. The van der Waals surface area contributed by atoms with E-state index in [9.17, 15) is 4.57 Å². The number of hydrogen-bond donors (Lipinski definition) is 0. The molecule has 0 radical (unpaired) electrons. The highest BCUT2D eigenvalue weighted by Crippen LogP contribution is 2.50. The van der Waals surface area contributed by atoms with E-state index in [-0.39, 0.29) is 6.61 Å². The Hall–Kier alpha value is -4.49. The number of ether oxygens (including phenoxy) is 4. The Labute approximate surface area is 282 Å². The molecule has 1 fully saturated rings. The van der Waals surface area contributed by atoms with Gasteiger partial charge < -0.3 is 28.0 Å². The van der Waals surface area contributed by atoms with Crippen LogP contribution in [-0.2, 0) is 43.3 Å². The standard InChI is InChI=1S/C40H39O7P/c41-48(46-35-22-12-4-13-23-35,47-36-24-14-5-15-25-36)27-26-37-39(43-29-33-18-8-2-9-19-33)40(44-30-34-20-10-3-11-21-34)38(45-37)31-42-28-32-16-6-1-7-17-32/h1-27,37-40H,28-31H2/b27-26+/t37-,38-,39-,40-/m1/s1. The molecular formula is C40H39O7P. The summed E-state index contributed by atoms with van der Waals surface area (Å²) in [6.07, 6.45) is -0.469. The zero-order valence-corrected chi connectivity index (χ0v) is 27.4. The summed E-state index contributed by atoms with van der Waals surface area (Å²) in [6.45, 7) is 1.38. The largest absolute Gasteiger partial charge is 0.455 e. The molecule has 0 bridgehead atoms. The Bertz CT molecular complexity index is 1680. The van der Waals surface area contributed by atoms with E-state index in [1.54, 1.807) is 30.3 Å². The summed E-state index contributed by atoms with van der Waals surface area (Å²) < 4.78 is 52.2. The maximum atomic E-state index is 14.3. The molecule has 0 N–H and O–H groups in total. The minimum atomic E-state index is -3.87. The summed E-state index contributed by atoms with van der Waals surface area (Å²) in [5.41, 5.74) is 3.10. The van der Waals surface area contributed by atoms with Gasteiger partial charge in [0.05, 0.1) is 32.2 Å². The van der Waals surface area contributed by atoms with Crippen LogP contribution in [0.2, 0.25) is 0 Å². The van der Waals surface area contributed by atoms with Gasteiger partial charge in [0.2, 0.25) is 0 Å². The van der Waals surface area contributed by atoms with Crippen molar-refractivity contribution >= 4 is 7.60 Å². The second kappa shape index (κ2) is 17.1. The lowest BCUT2D eigenvalue weighted by molar-refractivity contribution is -0.0896. The molecule has 8 heteroatoms. The van der Waals surface area contributed by atoms with Crippen LogP contribution in [0.5, 0.6) is 11.5 Å². The van der Waals surface area contributed by atoms with E-state index >= 15 is 0 Å². The molecule has 0 unspecified atom stereocenters. The van der Waals surface area contributed by atoms with Gasteiger partial charge in [-0.25, -0.2) is 4.57 Å². The molecule has 0 amide bonds. The normalized spacial score (nSPS) is 19.3. The Kier molecular flexibility index (Phi) is 11.9. The topological polar surface area (TPSA) is 72.5 Å². The van der Waals surface area contributed by atoms with Gasteiger partial charge in [0.15, 0.2) is 0 Å². The monoisotopic (exact) mass is 662 g/mol. The molecule has 1 aliphatic heterocycles. The zero-order valence-electron chi connectivity index (χ0n) is 26.5. The summed E-state index contributed by atoms with van der Waals surface area (Å²) in [5.74, 6) is 2.29. The van der Waals surface area contributed by atoms with Crippen LogP contribution < -0.4 is 9.05 Å². The number of benzene rings is 5. The predicted molar refractivity (Wildman–Crippen MR) is 186 cm³/mol. The van der Waals surface area contributed by atoms with Crippen LogP contribution in [-0.4, -0.2) is 31.0 Å². The molecule has 5 aromatic carbocycles. The van der Waals surface area contributed by atoms with E-state index in [0.29, 0.717) is 31.3 Å². The fraction of sp³-hybridized carbons (Fsp3) is 0.200. The molecule has 246 valence electrons. The molecule has 4 atom stereocenters. The Morgan fingerprint density at radius 2 is 0.958 bits per heavy atom. The molecule has 0 spiro atoms. The van der Waals surface area contributed by atoms with Crippen molar-refractivity contribution in [3.8, 4) is 11.5 Å². The van der Waals surface area contributed by atoms with Crippen molar-refractivity contribution in [3.05, 3.63) is 180 Å². The lowest BCUT2D eigenvalue weighted by Crippen LogP contribution is -2.38. The number of hydrogen-bond acceptors (Lipinski definition) is 7. The molecule has 7 nitrogen and oxygen atoms in total. The van der Waals surface area contributed by atoms with Crippen molar-refractivity contribution in [2.75, 3.05) is 6.61 Å². The summed E-state index contributed by atoms with van der Waals surface area (Å²) >= 11 is 0. The smallest absolute Gasteiger partial charge is 0.413 e. The SMILES string of the molecule is O=P(/C=C/[C@H]1O[C@H](COCc2ccccc2)[C@@H](OCc2ccccc2)[C@@H]1OCc1ccccc1)(Oc1ccccc1)Oc1ccccc1. The first kappa shape index (κ1) is 33.4.